The van der Waals surface area contributed by atoms with Crippen molar-refractivity contribution >= 4 is 5.69 Å². The van der Waals surface area contributed by atoms with Crippen molar-refractivity contribution in [2.24, 2.45) is 5.92 Å². The maximum Gasteiger partial charge on any atom is 0.125 e. The van der Waals surface area contributed by atoms with Crippen molar-refractivity contribution in [3.63, 3.8) is 0 Å². The first-order chi connectivity index (χ1) is 8.60. The molecule has 3 nitrogen and oxygen atoms in total. The number of hydrogen-bond donors (Lipinski definition) is 1. The monoisotopic (exact) mass is 250 g/mol. The molecule has 0 aromatic heterocycles. The normalized spacial score (nSPS) is 12.7. The molecule has 0 aliphatic rings. The van der Waals surface area contributed by atoms with Gasteiger partial charge in [-0.1, -0.05) is 33.3 Å². The largest absolute Gasteiger partial charge is 0.496 e. The summed E-state index contributed by atoms with van der Waals surface area (Å²) in [6.45, 7) is 9.83. The molecule has 1 rings (SSSR count). The molecule has 0 aliphatic carbocycles. The van der Waals surface area contributed by atoms with Crippen molar-refractivity contribution in [2.75, 3.05) is 25.9 Å². The Kier molecular flexibility index (Phi) is 5.99. The van der Waals surface area contributed by atoms with Gasteiger partial charge in [0.2, 0.25) is 0 Å². The van der Waals surface area contributed by atoms with Crippen LogP contribution in [-0.2, 0) is 6.54 Å². The second-order valence-electron chi connectivity index (χ2n) is 4.91. The van der Waals surface area contributed by atoms with Crippen LogP contribution < -0.4 is 10.5 Å². The molecule has 1 unspecified atom stereocenters. The van der Waals surface area contributed by atoms with Gasteiger partial charge in [-0.2, -0.15) is 0 Å². The Morgan fingerprint density at radius 1 is 1.33 bits per heavy atom. The summed E-state index contributed by atoms with van der Waals surface area (Å²) in [6, 6.07) is 5.90. The molecule has 0 aliphatic heterocycles. The van der Waals surface area contributed by atoms with Crippen LogP contribution in [0, 0.1) is 5.92 Å². The molecular formula is C15H26N2O. The van der Waals surface area contributed by atoms with Crippen LogP contribution in [0.5, 0.6) is 5.75 Å². The molecular weight excluding hydrogens is 224 g/mol. The van der Waals surface area contributed by atoms with Gasteiger partial charge in [0.1, 0.15) is 5.75 Å². The minimum absolute atomic E-state index is 0.727. The molecule has 0 bridgehead atoms. The fourth-order valence-corrected chi connectivity index (χ4v) is 2.01. The van der Waals surface area contributed by atoms with Gasteiger partial charge in [-0.15, -0.1) is 0 Å². The average molecular weight is 250 g/mol. The number of benzene rings is 1. The second kappa shape index (κ2) is 7.27. The Bertz CT molecular complexity index is 366. The van der Waals surface area contributed by atoms with Gasteiger partial charge in [0.05, 0.1) is 7.11 Å². The summed E-state index contributed by atoms with van der Waals surface area (Å²) in [6.07, 6.45) is 1.22. The molecule has 0 amide bonds. The number of nitrogen functional groups attached to an aromatic ring is 1. The van der Waals surface area contributed by atoms with E-state index in [2.05, 4.69) is 31.7 Å². The van der Waals surface area contributed by atoms with E-state index in [0.29, 0.717) is 0 Å². The number of ether oxygens (including phenoxy) is 1. The van der Waals surface area contributed by atoms with Crippen molar-refractivity contribution in [3.05, 3.63) is 23.8 Å². The molecule has 102 valence electrons. The number of nitrogens with zero attached hydrogens (tertiary/aromatic N) is 1. The number of rotatable bonds is 7. The summed E-state index contributed by atoms with van der Waals surface area (Å²) in [5.41, 5.74) is 7.73. The zero-order chi connectivity index (χ0) is 13.5. The Morgan fingerprint density at radius 2 is 2.06 bits per heavy atom. The van der Waals surface area contributed by atoms with E-state index < -0.39 is 0 Å². The van der Waals surface area contributed by atoms with Crippen LogP contribution in [0.25, 0.3) is 0 Å². The van der Waals surface area contributed by atoms with Crippen LogP contribution in [0.3, 0.4) is 0 Å². The van der Waals surface area contributed by atoms with Gasteiger partial charge in [-0.05, 0) is 18.5 Å². The fraction of sp³-hybridized carbons (Fsp3) is 0.600. The number of methoxy groups -OCH3 is 1. The molecule has 1 aromatic rings. The predicted molar refractivity (Wildman–Crippen MR) is 77.8 cm³/mol. The van der Waals surface area contributed by atoms with Gasteiger partial charge in [-0.25, -0.2) is 0 Å². The first-order valence-electron chi connectivity index (χ1n) is 6.75. The van der Waals surface area contributed by atoms with E-state index in [1.54, 1.807) is 7.11 Å². The number of nitrogens with two attached hydrogens (primary N) is 1. The Hall–Kier alpha value is -1.22. The van der Waals surface area contributed by atoms with Crippen LogP contribution in [0.1, 0.15) is 32.8 Å². The van der Waals surface area contributed by atoms with Crippen LogP contribution >= 0.6 is 0 Å². The molecule has 3 heteroatoms. The first-order valence-corrected chi connectivity index (χ1v) is 6.75. The lowest BCUT2D eigenvalue weighted by molar-refractivity contribution is 0.235. The molecule has 0 heterocycles. The van der Waals surface area contributed by atoms with Crippen LogP contribution in [-0.4, -0.2) is 25.1 Å². The Morgan fingerprint density at radius 3 is 2.61 bits per heavy atom. The van der Waals surface area contributed by atoms with Crippen LogP contribution in [0.4, 0.5) is 5.69 Å². The maximum atomic E-state index is 5.78. The van der Waals surface area contributed by atoms with Crippen molar-refractivity contribution in [2.45, 2.75) is 33.7 Å². The van der Waals surface area contributed by atoms with E-state index in [1.165, 1.54) is 12.0 Å². The summed E-state index contributed by atoms with van der Waals surface area (Å²) in [4.78, 5) is 2.45. The zero-order valence-corrected chi connectivity index (χ0v) is 12.1. The highest BCUT2D eigenvalue weighted by molar-refractivity contribution is 5.48. The Balaban J connectivity index is 2.75. The minimum Gasteiger partial charge on any atom is -0.496 e. The van der Waals surface area contributed by atoms with Crippen molar-refractivity contribution in [1.29, 1.82) is 0 Å². The lowest BCUT2D eigenvalue weighted by Crippen LogP contribution is -2.28. The van der Waals surface area contributed by atoms with Crippen molar-refractivity contribution in [3.8, 4) is 5.75 Å². The summed E-state index contributed by atoms with van der Waals surface area (Å²) < 4.78 is 5.40. The number of anilines is 1. The van der Waals surface area contributed by atoms with E-state index in [0.717, 1.165) is 37.0 Å². The van der Waals surface area contributed by atoms with E-state index in [-0.39, 0.29) is 0 Å². The van der Waals surface area contributed by atoms with Crippen molar-refractivity contribution in [1.82, 2.24) is 4.90 Å². The van der Waals surface area contributed by atoms with E-state index in [9.17, 15) is 0 Å². The molecule has 18 heavy (non-hydrogen) atoms. The Labute approximate surface area is 111 Å². The number of hydrogen-bond acceptors (Lipinski definition) is 3. The average Bonchev–Trinajstić information content (AvgIpc) is 2.39. The standard InChI is InChI=1S/C15H26N2O/c1-5-12(3)10-17(6-2)11-13-7-8-14(16)9-15(13)18-4/h7-9,12H,5-6,10-11,16H2,1-4H3. The van der Waals surface area contributed by atoms with E-state index in [4.69, 9.17) is 10.5 Å². The maximum absolute atomic E-state index is 5.78. The SMILES string of the molecule is CCC(C)CN(CC)Cc1ccc(N)cc1OC. The van der Waals surface area contributed by atoms with E-state index >= 15 is 0 Å². The molecule has 0 spiro atoms. The third-order valence-corrected chi connectivity index (χ3v) is 3.42. The highest BCUT2D eigenvalue weighted by atomic mass is 16.5. The van der Waals surface area contributed by atoms with Gasteiger partial charge >= 0.3 is 0 Å². The van der Waals surface area contributed by atoms with Crippen LogP contribution in [0.15, 0.2) is 18.2 Å². The predicted octanol–water partition coefficient (Wildman–Crippen LogP) is 3.15. The topological polar surface area (TPSA) is 38.5 Å². The molecule has 0 saturated heterocycles. The van der Waals surface area contributed by atoms with Gasteiger partial charge in [0, 0.05) is 30.4 Å². The van der Waals surface area contributed by atoms with Gasteiger partial charge in [0.15, 0.2) is 0 Å². The second-order valence-corrected chi connectivity index (χ2v) is 4.91. The van der Waals surface area contributed by atoms with Crippen LogP contribution in [0.2, 0.25) is 0 Å². The third-order valence-electron chi connectivity index (χ3n) is 3.42. The lowest BCUT2D eigenvalue weighted by Gasteiger charge is -2.24. The smallest absolute Gasteiger partial charge is 0.125 e. The molecule has 1 aromatic carbocycles. The van der Waals surface area contributed by atoms with Gasteiger partial charge in [-0.3, -0.25) is 4.90 Å². The fourth-order valence-electron chi connectivity index (χ4n) is 2.01. The third kappa shape index (κ3) is 4.22. The molecule has 0 radical (unpaired) electrons. The van der Waals surface area contributed by atoms with Gasteiger partial charge in [0.25, 0.3) is 0 Å². The molecule has 0 saturated carbocycles. The summed E-state index contributed by atoms with van der Waals surface area (Å²) in [5, 5.41) is 0. The minimum atomic E-state index is 0.727. The molecule has 1 atom stereocenters. The van der Waals surface area contributed by atoms with Crippen molar-refractivity contribution < 1.29 is 4.74 Å². The summed E-state index contributed by atoms with van der Waals surface area (Å²) in [5.74, 6) is 1.61. The van der Waals surface area contributed by atoms with E-state index in [1.807, 2.05) is 12.1 Å². The molecule has 0 fully saturated rings. The van der Waals surface area contributed by atoms with Gasteiger partial charge < -0.3 is 10.5 Å². The summed E-state index contributed by atoms with van der Waals surface area (Å²) >= 11 is 0. The molecule has 2 N–H and O–H groups in total. The lowest BCUT2D eigenvalue weighted by atomic mass is 10.1. The zero-order valence-electron chi connectivity index (χ0n) is 12.1. The highest BCUT2D eigenvalue weighted by Crippen LogP contribution is 2.23. The quantitative estimate of drug-likeness (QED) is 0.756. The highest BCUT2D eigenvalue weighted by Gasteiger charge is 2.11. The summed E-state index contributed by atoms with van der Waals surface area (Å²) in [7, 11) is 1.70. The first kappa shape index (κ1) is 14.8.